The van der Waals surface area contributed by atoms with Gasteiger partial charge in [0.2, 0.25) is 0 Å². The van der Waals surface area contributed by atoms with Gasteiger partial charge in [-0.05, 0) is 36.4 Å². The third kappa shape index (κ3) is 2.85. The Kier molecular flexibility index (Phi) is 4.51. The summed E-state index contributed by atoms with van der Waals surface area (Å²) < 4.78 is 27.6. The molecule has 0 bridgehead atoms. The lowest BCUT2D eigenvalue weighted by atomic mass is 10.0. The zero-order valence-corrected chi connectivity index (χ0v) is 14.2. The van der Waals surface area contributed by atoms with Crippen LogP contribution in [0.5, 0.6) is 23.0 Å². The summed E-state index contributed by atoms with van der Waals surface area (Å²) >= 11 is 0. The van der Waals surface area contributed by atoms with Crippen LogP contribution in [0.3, 0.4) is 0 Å². The van der Waals surface area contributed by atoms with Gasteiger partial charge in [-0.25, -0.2) is 0 Å². The van der Waals surface area contributed by atoms with Crippen molar-refractivity contribution in [2.45, 2.75) is 6.42 Å². The third-order valence-corrected chi connectivity index (χ3v) is 3.98. The number of ether oxygens (including phenoxy) is 5. The maximum absolute atomic E-state index is 6.10. The molecule has 0 aromatic heterocycles. The summed E-state index contributed by atoms with van der Waals surface area (Å²) in [5.74, 6) is 4.33. The second-order valence-electron chi connectivity index (χ2n) is 5.28. The minimum absolute atomic E-state index is 0.632. The van der Waals surface area contributed by atoms with Crippen molar-refractivity contribution in [2.75, 3.05) is 28.4 Å². The number of benzene rings is 2. The van der Waals surface area contributed by atoms with Gasteiger partial charge in [0, 0.05) is 17.5 Å². The van der Waals surface area contributed by atoms with Crippen molar-refractivity contribution < 1.29 is 23.7 Å². The Bertz CT molecular complexity index is 779. The van der Waals surface area contributed by atoms with Crippen LogP contribution in [0.15, 0.2) is 42.2 Å². The molecule has 0 unspecified atom stereocenters. The molecule has 5 nitrogen and oxygen atoms in total. The van der Waals surface area contributed by atoms with Crippen LogP contribution >= 0.6 is 0 Å². The zero-order valence-electron chi connectivity index (χ0n) is 14.2. The molecule has 3 rings (SSSR count). The van der Waals surface area contributed by atoms with E-state index in [4.69, 9.17) is 23.7 Å². The Morgan fingerprint density at radius 2 is 1.58 bits per heavy atom. The molecular weight excluding hydrogens is 308 g/mol. The lowest BCUT2D eigenvalue weighted by Crippen LogP contribution is -2.11. The molecule has 24 heavy (non-hydrogen) atoms. The molecule has 0 spiro atoms. The summed E-state index contributed by atoms with van der Waals surface area (Å²) in [5, 5.41) is 0. The van der Waals surface area contributed by atoms with Gasteiger partial charge in [-0.3, -0.25) is 0 Å². The highest BCUT2D eigenvalue weighted by molar-refractivity contribution is 5.70. The third-order valence-electron chi connectivity index (χ3n) is 3.98. The second kappa shape index (κ2) is 6.74. The first-order chi connectivity index (χ1) is 11.7. The van der Waals surface area contributed by atoms with Crippen molar-refractivity contribution in [2.24, 2.45) is 0 Å². The van der Waals surface area contributed by atoms with Crippen LogP contribution in [0.1, 0.15) is 11.1 Å². The van der Waals surface area contributed by atoms with E-state index < -0.39 is 0 Å². The van der Waals surface area contributed by atoms with E-state index in [1.807, 2.05) is 36.4 Å². The van der Waals surface area contributed by atoms with Gasteiger partial charge in [-0.15, -0.1) is 0 Å². The van der Waals surface area contributed by atoms with Gasteiger partial charge in [0.25, 0.3) is 0 Å². The minimum atomic E-state index is 0.632. The molecule has 0 N–H and O–H groups in total. The van der Waals surface area contributed by atoms with E-state index in [1.54, 1.807) is 28.4 Å². The molecule has 0 radical (unpaired) electrons. The molecule has 2 aromatic rings. The fourth-order valence-corrected chi connectivity index (χ4v) is 2.70. The first-order valence-corrected chi connectivity index (χ1v) is 7.54. The molecule has 2 aromatic carbocycles. The van der Waals surface area contributed by atoms with Crippen molar-refractivity contribution in [3.8, 4) is 23.0 Å². The van der Waals surface area contributed by atoms with Gasteiger partial charge in [-0.1, -0.05) is 0 Å². The highest BCUT2D eigenvalue weighted by Crippen LogP contribution is 2.39. The van der Waals surface area contributed by atoms with Crippen molar-refractivity contribution in [1.82, 2.24) is 0 Å². The second-order valence-corrected chi connectivity index (χ2v) is 5.28. The number of fused-ring (bicyclic) bond motifs is 1. The van der Waals surface area contributed by atoms with Gasteiger partial charge in [-0.2, -0.15) is 0 Å². The largest absolute Gasteiger partial charge is 0.497 e. The first-order valence-electron chi connectivity index (χ1n) is 7.54. The SMILES string of the molecule is COC1=C(c2ccc(OC)c(OC)c2)Oc2ccc(OC)cc2C1. The van der Waals surface area contributed by atoms with Crippen LogP contribution in [0.25, 0.3) is 5.76 Å². The summed E-state index contributed by atoms with van der Waals surface area (Å²) in [5.41, 5.74) is 1.89. The summed E-state index contributed by atoms with van der Waals surface area (Å²) in [4.78, 5) is 0. The molecule has 5 heteroatoms. The maximum atomic E-state index is 6.10. The topological polar surface area (TPSA) is 46.2 Å². The fourth-order valence-electron chi connectivity index (χ4n) is 2.70. The number of hydrogen-bond acceptors (Lipinski definition) is 5. The van der Waals surface area contributed by atoms with Crippen LogP contribution < -0.4 is 18.9 Å². The number of rotatable bonds is 5. The Morgan fingerprint density at radius 1 is 0.792 bits per heavy atom. The maximum Gasteiger partial charge on any atom is 0.172 e. The predicted molar refractivity (Wildman–Crippen MR) is 90.8 cm³/mol. The molecule has 1 aliphatic rings. The molecule has 1 aliphatic heterocycles. The van der Waals surface area contributed by atoms with Crippen LogP contribution in [0, 0.1) is 0 Å². The van der Waals surface area contributed by atoms with Gasteiger partial charge in [0.05, 0.1) is 28.4 Å². The van der Waals surface area contributed by atoms with E-state index in [-0.39, 0.29) is 0 Å². The normalized spacial score (nSPS) is 13.0. The van der Waals surface area contributed by atoms with E-state index in [9.17, 15) is 0 Å². The van der Waals surface area contributed by atoms with E-state index in [0.29, 0.717) is 23.7 Å². The monoisotopic (exact) mass is 328 g/mol. The van der Waals surface area contributed by atoms with Gasteiger partial charge in [0.15, 0.2) is 17.3 Å². The Balaban J connectivity index is 2.02. The smallest absolute Gasteiger partial charge is 0.172 e. The quantitative estimate of drug-likeness (QED) is 0.838. The standard InChI is InChI=1S/C19H20O5/c1-20-14-6-8-15-13(9-14)11-18(23-4)19(24-15)12-5-7-16(21-2)17(10-12)22-3/h5-10H,11H2,1-4H3. The highest BCUT2D eigenvalue weighted by Gasteiger charge is 2.23. The number of methoxy groups -OCH3 is 4. The molecule has 0 fully saturated rings. The average Bonchev–Trinajstić information content (AvgIpc) is 2.65. The first kappa shape index (κ1) is 16.1. The highest BCUT2D eigenvalue weighted by atomic mass is 16.5. The van der Waals surface area contributed by atoms with Gasteiger partial charge < -0.3 is 23.7 Å². The summed E-state index contributed by atoms with van der Waals surface area (Å²) in [6.45, 7) is 0. The molecule has 0 aliphatic carbocycles. The van der Waals surface area contributed by atoms with E-state index >= 15 is 0 Å². The van der Waals surface area contributed by atoms with E-state index in [0.717, 1.165) is 28.4 Å². The Labute approximate surface area is 141 Å². The van der Waals surface area contributed by atoms with Gasteiger partial charge in [0.1, 0.15) is 17.3 Å². The molecule has 0 atom stereocenters. The number of allylic oxidation sites excluding steroid dienone is 1. The molecule has 0 saturated carbocycles. The van der Waals surface area contributed by atoms with Crippen molar-refractivity contribution in [3.63, 3.8) is 0 Å². The van der Waals surface area contributed by atoms with Crippen molar-refractivity contribution >= 4 is 5.76 Å². The fraction of sp³-hybridized carbons (Fsp3) is 0.263. The van der Waals surface area contributed by atoms with Gasteiger partial charge >= 0.3 is 0 Å². The molecule has 0 saturated heterocycles. The van der Waals surface area contributed by atoms with Crippen molar-refractivity contribution in [3.05, 3.63) is 53.3 Å². The summed E-state index contributed by atoms with van der Waals surface area (Å²) in [6, 6.07) is 11.4. The van der Waals surface area contributed by atoms with Crippen LogP contribution in [-0.2, 0) is 11.2 Å². The molecule has 126 valence electrons. The van der Waals surface area contributed by atoms with Crippen LogP contribution in [-0.4, -0.2) is 28.4 Å². The van der Waals surface area contributed by atoms with E-state index in [1.165, 1.54) is 0 Å². The Hall–Kier alpha value is -2.82. The van der Waals surface area contributed by atoms with Crippen molar-refractivity contribution in [1.29, 1.82) is 0 Å². The molecule has 1 heterocycles. The average molecular weight is 328 g/mol. The molecular formula is C19H20O5. The van der Waals surface area contributed by atoms with Crippen LogP contribution in [0.4, 0.5) is 0 Å². The lowest BCUT2D eigenvalue weighted by molar-refractivity contribution is 0.266. The predicted octanol–water partition coefficient (Wildman–Crippen LogP) is 3.66. The minimum Gasteiger partial charge on any atom is -0.497 e. The number of hydrogen-bond donors (Lipinski definition) is 0. The zero-order chi connectivity index (χ0) is 17.1. The lowest BCUT2D eigenvalue weighted by Gasteiger charge is -2.23. The Morgan fingerprint density at radius 3 is 2.25 bits per heavy atom. The van der Waals surface area contributed by atoms with E-state index in [2.05, 4.69) is 0 Å². The molecule has 0 amide bonds. The summed E-state index contributed by atoms with van der Waals surface area (Å²) in [7, 11) is 6.51. The van der Waals surface area contributed by atoms with Crippen LogP contribution in [0.2, 0.25) is 0 Å². The summed E-state index contributed by atoms with van der Waals surface area (Å²) in [6.07, 6.45) is 0.632.